The fourth-order valence-corrected chi connectivity index (χ4v) is 9.59. The van der Waals surface area contributed by atoms with Crippen LogP contribution in [0.25, 0.3) is 0 Å². The molecule has 0 amide bonds. The molecule has 0 aliphatic heterocycles. The molecule has 4 heteroatoms. The molecule has 7 atom stereocenters. The van der Waals surface area contributed by atoms with Gasteiger partial charge in [0.1, 0.15) is 0 Å². The van der Waals surface area contributed by atoms with Gasteiger partial charge in [-0.25, -0.2) is 0 Å². The maximum absolute atomic E-state index is 12.1. The fraction of sp³-hybridized carbons (Fsp3) is 0.864. The second-order valence-corrected chi connectivity index (χ2v) is 12.3. The van der Waals surface area contributed by atoms with Crippen molar-refractivity contribution < 1.29 is 9.90 Å². The molecule has 0 unspecified atom stereocenters. The molecule has 0 aromatic carbocycles. The standard InChI is InChI=1S/C22H34O2S2/c1-4-25-26-13-22-10-7-16(23)12-15(22)5-6-17-18(22)8-9-21(3)19(17)11-14(2)20(21)24/h12,14,17-20,24H,4-11,13H2,1-3H3/t14-,17+,18-,19-,20-,21-,22+/m0/s1. The van der Waals surface area contributed by atoms with Crippen molar-refractivity contribution in [3.63, 3.8) is 0 Å². The highest BCUT2D eigenvalue weighted by Crippen LogP contribution is 2.66. The molecule has 0 aromatic heterocycles. The molecule has 3 saturated carbocycles. The van der Waals surface area contributed by atoms with Crippen LogP contribution in [0.2, 0.25) is 0 Å². The summed E-state index contributed by atoms with van der Waals surface area (Å²) in [6, 6.07) is 0. The van der Waals surface area contributed by atoms with Crippen molar-refractivity contribution in [1.29, 1.82) is 0 Å². The van der Waals surface area contributed by atoms with E-state index in [9.17, 15) is 9.90 Å². The second kappa shape index (κ2) is 7.15. The number of aliphatic hydroxyl groups excluding tert-OH is 1. The SMILES string of the molecule is CCSSC[C@]12CCC(=O)C=C1CC[C@@H]1[C@@H]2CC[C@]2(C)[C@@H](O)[C@@H](C)C[C@@H]12. The van der Waals surface area contributed by atoms with Crippen LogP contribution in [0.15, 0.2) is 11.6 Å². The second-order valence-electron chi connectivity index (χ2n) is 9.58. The Bertz CT molecular complexity index is 603. The first-order chi connectivity index (χ1) is 12.4. The molecule has 4 aliphatic carbocycles. The van der Waals surface area contributed by atoms with Gasteiger partial charge in [-0.3, -0.25) is 4.79 Å². The Morgan fingerprint density at radius 3 is 2.77 bits per heavy atom. The van der Waals surface area contributed by atoms with Crippen LogP contribution in [0.4, 0.5) is 0 Å². The molecule has 2 nitrogen and oxygen atoms in total. The molecular weight excluding hydrogens is 360 g/mol. The summed E-state index contributed by atoms with van der Waals surface area (Å²) >= 11 is 0. The highest BCUT2D eigenvalue weighted by Gasteiger charge is 2.61. The number of aliphatic hydroxyl groups is 1. The molecule has 0 saturated heterocycles. The van der Waals surface area contributed by atoms with Crippen LogP contribution in [0.5, 0.6) is 0 Å². The van der Waals surface area contributed by atoms with Gasteiger partial charge in [-0.2, -0.15) is 0 Å². The molecule has 1 N–H and O–H groups in total. The zero-order chi connectivity index (χ0) is 18.5. The van der Waals surface area contributed by atoms with Crippen molar-refractivity contribution in [3.05, 3.63) is 11.6 Å². The number of carbonyl (C=O) groups excluding carboxylic acids is 1. The number of rotatable bonds is 4. The largest absolute Gasteiger partial charge is 0.392 e. The van der Waals surface area contributed by atoms with E-state index in [1.165, 1.54) is 37.0 Å². The number of ketones is 1. The third kappa shape index (κ3) is 2.85. The fourth-order valence-electron chi connectivity index (χ4n) is 7.20. The van der Waals surface area contributed by atoms with Crippen LogP contribution < -0.4 is 0 Å². The van der Waals surface area contributed by atoms with E-state index in [2.05, 4.69) is 20.8 Å². The molecule has 0 radical (unpaired) electrons. The van der Waals surface area contributed by atoms with Gasteiger partial charge in [0.05, 0.1) is 6.10 Å². The summed E-state index contributed by atoms with van der Waals surface area (Å²) in [6.45, 7) is 6.85. The lowest BCUT2D eigenvalue weighted by molar-refractivity contribution is -0.117. The minimum atomic E-state index is -0.126. The first-order valence-corrected chi connectivity index (χ1v) is 13.1. The number of hydrogen-bond acceptors (Lipinski definition) is 4. The van der Waals surface area contributed by atoms with Crippen LogP contribution >= 0.6 is 21.6 Å². The van der Waals surface area contributed by atoms with Crippen LogP contribution in [-0.2, 0) is 4.79 Å². The molecule has 0 bridgehead atoms. The summed E-state index contributed by atoms with van der Waals surface area (Å²) in [6.07, 6.45) is 9.67. The summed E-state index contributed by atoms with van der Waals surface area (Å²) in [5.41, 5.74) is 1.86. The Morgan fingerprint density at radius 2 is 2.00 bits per heavy atom. The molecule has 0 heterocycles. The van der Waals surface area contributed by atoms with Gasteiger partial charge in [-0.1, -0.05) is 47.9 Å². The normalized spacial score (nSPS) is 47.8. The molecular formula is C22H34O2S2. The minimum absolute atomic E-state index is 0.124. The molecule has 0 aromatic rings. The lowest BCUT2D eigenvalue weighted by Gasteiger charge is -2.58. The van der Waals surface area contributed by atoms with E-state index in [-0.39, 0.29) is 16.9 Å². The van der Waals surface area contributed by atoms with E-state index in [1.807, 2.05) is 27.7 Å². The zero-order valence-electron chi connectivity index (χ0n) is 16.5. The van der Waals surface area contributed by atoms with E-state index in [0.29, 0.717) is 17.6 Å². The predicted octanol–water partition coefficient (Wildman–Crippen LogP) is 5.51. The van der Waals surface area contributed by atoms with Gasteiger partial charge in [0.2, 0.25) is 0 Å². The molecule has 146 valence electrons. The smallest absolute Gasteiger partial charge is 0.155 e. The highest BCUT2D eigenvalue weighted by atomic mass is 33.1. The molecule has 4 aliphatic rings. The summed E-state index contributed by atoms with van der Waals surface area (Å²) in [5, 5.41) is 10.9. The van der Waals surface area contributed by atoms with Gasteiger partial charge in [0, 0.05) is 23.3 Å². The minimum Gasteiger partial charge on any atom is -0.392 e. The Kier molecular flexibility index (Phi) is 5.33. The van der Waals surface area contributed by atoms with Crippen LogP contribution in [-0.4, -0.2) is 28.5 Å². The summed E-state index contributed by atoms with van der Waals surface area (Å²) in [4.78, 5) is 12.1. The monoisotopic (exact) mass is 394 g/mol. The predicted molar refractivity (Wildman–Crippen MR) is 112 cm³/mol. The number of hydrogen-bond donors (Lipinski definition) is 1. The maximum Gasteiger partial charge on any atom is 0.155 e. The molecule has 26 heavy (non-hydrogen) atoms. The van der Waals surface area contributed by atoms with Gasteiger partial charge in [0.15, 0.2) is 5.78 Å². The summed E-state index contributed by atoms with van der Waals surface area (Å²) in [5.74, 6) is 5.25. The van der Waals surface area contributed by atoms with Crippen LogP contribution in [0, 0.1) is 34.5 Å². The summed E-state index contributed by atoms with van der Waals surface area (Å²) in [7, 11) is 4.01. The van der Waals surface area contributed by atoms with Crippen molar-refractivity contribution in [2.75, 3.05) is 11.5 Å². The van der Waals surface area contributed by atoms with Crippen molar-refractivity contribution >= 4 is 27.4 Å². The first-order valence-electron chi connectivity index (χ1n) is 10.6. The number of allylic oxidation sites excluding steroid dienone is 1. The van der Waals surface area contributed by atoms with Gasteiger partial charge in [-0.15, -0.1) is 0 Å². The van der Waals surface area contributed by atoms with Gasteiger partial charge < -0.3 is 5.11 Å². The Hall–Kier alpha value is 0.0700. The average Bonchev–Trinajstić information content (AvgIpc) is 2.86. The molecule has 0 spiro atoms. The number of fused-ring (bicyclic) bond motifs is 5. The Balaban J connectivity index is 1.67. The number of carbonyl (C=O) groups is 1. The molecule has 3 fully saturated rings. The lowest BCUT2D eigenvalue weighted by atomic mass is 9.47. The van der Waals surface area contributed by atoms with Crippen molar-refractivity contribution in [2.24, 2.45) is 34.5 Å². The quantitative estimate of drug-likeness (QED) is 0.504. The van der Waals surface area contributed by atoms with Crippen LogP contribution in [0.1, 0.15) is 65.7 Å². The van der Waals surface area contributed by atoms with Crippen LogP contribution in [0.3, 0.4) is 0 Å². The van der Waals surface area contributed by atoms with E-state index < -0.39 is 0 Å². The summed E-state index contributed by atoms with van der Waals surface area (Å²) < 4.78 is 0. The average molecular weight is 395 g/mol. The van der Waals surface area contributed by atoms with Gasteiger partial charge in [0.25, 0.3) is 0 Å². The van der Waals surface area contributed by atoms with E-state index >= 15 is 0 Å². The van der Waals surface area contributed by atoms with Gasteiger partial charge >= 0.3 is 0 Å². The van der Waals surface area contributed by atoms with Crippen molar-refractivity contribution in [3.8, 4) is 0 Å². The van der Waals surface area contributed by atoms with E-state index in [1.54, 1.807) is 0 Å². The maximum atomic E-state index is 12.1. The van der Waals surface area contributed by atoms with Crippen molar-refractivity contribution in [2.45, 2.75) is 71.8 Å². The molecule has 4 rings (SSSR count). The zero-order valence-corrected chi connectivity index (χ0v) is 18.1. The third-order valence-corrected chi connectivity index (χ3v) is 11.1. The Labute approximate surface area is 166 Å². The van der Waals surface area contributed by atoms with Crippen molar-refractivity contribution in [1.82, 2.24) is 0 Å². The first kappa shape index (κ1) is 19.4. The topological polar surface area (TPSA) is 37.3 Å². The van der Waals surface area contributed by atoms with Gasteiger partial charge in [-0.05, 0) is 73.7 Å². The lowest BCUT2D eigenvalue weighted by Crippen LogP contribution is -2.53. The van der Waals surface area contributed by atoms with E-state index in [4.69, 9.17) is 0 Å². The Morgan fingerprint density at radius 1 is 1.19 bits per heavy atom. The highest BCUT2D eigenvalue weighted by molar-refractivity contribution is 8.76. The third-order valence-electron chi connectivity index (χ3n) is 8.48. The van der Waals surface area contributed by atoms with E-state index in [0.717, 1.165) is 36.9 Å².